The Bertz CT molecular complexity index is 1570. The summed E-state index contributed by atoms with van der Waals surface area (Å²) in [5.74, 6) is -1.02. The van der Waals surface area contributed by atoms with E-state index in [4.69, 9.17) is 10.2 Å². The van der Waals surface area contributed by atoms with E-state index in [1.807, 2.05) is 88.4 Å². The van der Waals surface area contributed by atoms with Crippen LogP contribution in [0.3, 0.4) is 0 Å². The molecule has 0 amide bonds. The SMILES string of the molecule is CC1(C)CC(=O)C=C(N2CC(c3ccccc3)C(S(=O)(=O)C3=NN(C4=CC(=O)CC(C)(C)C4)CC3c3ccccc3)=N2)C1. The number of rotatable bonds is 4. The highest BCUT2D eigenvalue weighted by Gasteiger charge is 2.47. The van der Waals surface area contributed by atoms with Crippen molar-refractivity contribution in [2.45, 2.75) is 65.2 Å². The number of sulfone groups is 1. The molecule has 0 fully saturated rings. The summed E-state index contributed by atoms with van der Waals surface area (Å²) in [6.45, 7) is 8.80. The Morgan fingerprint density at radius 2 is 1.00 bits per heavy atom. The number of allylic oxidation sites excluding steroid dienone is 4. The molecule has 2 heterocycles. The van der Waals surface area contributed by atoms with Gasteiger partial charge in [-0.25, -0.2) is 8.42 Å². The maximum atomic E-state index is 14.8. The Morgan fingerprint density at radius 1 is 0.628 bits per heavy atom. The molecule has 2 unspecified atom stereocenters. The van der Waals surface area contributed by atoms with E-state index in [0.717, 1.165) is 22.5 Å². The number of carbonyl (C=O) groups excluding carboxylic acids is 2. The van der Waals surface area contributed by atoms with E-state index >= 15 is 0 Å². The smallest absolute Gasteiger partial charge is 0.238 e. The average Bonchev–Trinajstić information content (AvgIpc) is 3.59. The second-order valence-corrected chi connectivity index (χ2v) is 15.6. The summed E-state index contributed by atoms with van der Waals surface area (Å²) in [5.41, 5.74) is 2.65. The van der Waals surface area contributed by atoms with Crippen LogP contribution in [0.2, 0.25) is 0 Å². The van der Waals surface area contributed by atoms with Crippen LogP contribution in [-0.2, 0) is 19.4 Å². The summed E-state index contributed by atoms with van der Waals surface area (Å²) in [6, 6.07) is 19.0. The maximum Gasteiger partial charge on any atom is 0.238 e. The number of hydrazone groups is 2. The van der Waals surface area contributed by atoms with Gasteiger partial charge in [0, 0.05) is 36.4 Å². The zero-order chi connectivity index (χ0) is 30.6. The highest BCUT2D eigenvalue weighted by Crippen LogP contribution is 2.42. The van der Waals surface area contributed by atoms with E-state index in [0.29, 0.717) is 38.8 Å². The molecule has 2 aromatic rings. The zero-order valence-electron chi connectivity index (χ0n) is 25.2. The molecule has 0 saturated heterocycles. The fraction of sp³-hybridized carbons (Fsp3) is 0.412. The van der Waals surface area contributed by atoms with Crippen molar-refractivity contribution in [2.24, 2.45) is 21.0 Å². The first-order valence-electron chi connectivity index (χ1n) is 14.9. The van der Waals surface area contributed by atoms with Crippen molar-refractivity contribution in [1.82, 2.24) is 10.0 Å². The first-order chi connectivity index (χ1) is 20.3. The number of ketones is 2. The molecule has 0 spiro atoms. The van der Waals surface area contributed by atoms with E-state index in [1.54, 1.807) is 22.2 Å². The quantitative estimate of drug-likeness (QED) is 0.443. The lowest BCUT2D eigenvalue weighted by atomic mass is 9.78. The zero-order valence-corrected chi connectivity index (χ0v) is 26.0. The Hall–Kier alpha value is -3.85. The third-order valence-corrected chi connectivity index (χ3v) is 10.5. The van der Waals surface area contributed by atoms with Crippen molar-refractivity contribution in [3.05, 3.63) is 95.3 Å². The van der Waals surface area contributed by atoms with Gasteiger partial charge in [-0.1, -0.05) is 88.4 Å². The lowest BCUT2D eigenvalue weighted by Crippen LogP contribution is -2.31. The molecule has 0 radical (unpaired) electrons. The molecule has 43 heavy (non-hydrogen) atoms. The van der Waals surface area contributed by atoms with Crippen LogP contribution in [0.1, 0.15) is 76.3 Å². The molecule has 224 valence electrons. The van der Waals surface area contributed by atoms with Crippen LogP contribution in [0, 0.1) is 10.8 Å². The Labute approximate surface area is 253 Å². The van der Waals surface area contributed by atoms with Crippen LogP contribution in [0.5, 0.6) is 0 Å². The monoisotopic (exact) mass is 598 g/mol. The van der Waals surface area contributed by atoms with Gasteiger partial charge in [-0.15, -0.1) is 0 Å². The molecule has 2 aromatic carbocycles. The first kappa shape index (κ1) is 29.2. The van der Waals surface area contributed by atoms with Crippen LogP contribution >= 0.6 is 0 Å². The molecular formula is C34H38N4O4S. The normalized spacial score (nSPS) is 25.3. The average molecular weight is 599 g/mol. The third-order valence-electron chi connectivity index (χ3n) is 8.64. The fourth-order valence-corrected chi connectivity index (χ4v) is 8.53. The van der Waals surface area contributed by atoms with Crippen molar-refractivity contribution in [1.29, 1.82) is 0 Å². The molecule has 0 N–H and O–H groups in total. The van der Waals surface area contributed by atoms with E-state index in [2.05, 4.69) is 0 Å². The molecule has 6 rings (SSSR count). The number of carbonyl (C=O) groups is 2. The maximum absolute atomic E-state index is 14.8. The van der Waals surface area contributed by atoms with Crippen LogP contribution in [0.15, 0.2) is 94.4 Å². The summed E-state index contributed by atoms with van der Waals surface area (Å²) in [4.78, 5) is 25.2. The molecule has 8 nitrogen and oxygen atoms in total. The second kappa shape index (κ2) is 10.7. The minimum Gasteiger partial charge on any atom is -0.295 e. The molecule has 2 atom stereocenters. The molecule has 2 aliphatic heterocycles. The van der Waals surface area contributed by atoms with Crippen LogP contribution in [0.4, 0.5) is 0 Å². The van der Waals surface area contributed by atoms with Crippen molar-refractivity contribution in [3.63, 3.8) is 0 Å². The summed E-state index contributed by atoms with van der Waals surface area (Å²) >= 11 is 0. The minimum absolute atomic E-state index is 0.0206. The van der Waals surface area contributed by atoms with Gasteiger partial charge in [0.1, 0.15) is 0 Å². The highest BCUT2D eigenvalue weighted by atomic mass is 32.2. The molecule has 0 saturated carbocycles. The lowest BCUT2D eigenvalue weighted by molar-refractivity contribution is -0.118. The molecule has 0 bridgehead atoms. The number of nitrogens with zero attached hydrogens (tertiary/aromatic N) is 4. The minimum atomic E-state index is -4.17. The predicted octanol–water partition coefficient (Wildman–Crippen LogP) is 5.77. The topological polar surface area (TPSA) is 99.5 Å². The van der Waals surface area contributed by atoms with Crippen LogP contribution in [-0.4, -0.2) is 53.2 Å². The third kappa shape index (κ3) is 5.87. The van der Waals surface area contributed by atoms with Crippen molar-refractivity contribution in [3.8, 4) is 0 Å². The molecule has 4 aliphatic rings. The number of hydrogen-bond donors (Lipinski definition) is 0. The van der Waals surface area contributed by atoms with Crippen LogP contribution in [0.25, 0.3) is 0 Å². The van der Waals surface area contributed by atoms with Gasteiger partial charge in [0.15, 0.2) is 21.7 Å². The Morgan fingerprint density at radius 3 is 1.35 bits per heavy atom. The standard InChI is InChI=1S/C34H38N4O4S/c1-33(2)17-25(15-27(39)19-33)37-21-29(23-11-7-5-8-12-23)31(35-37)43(41,42)32-30(24-13-9-6-10-14-24)22-38(36-32)26-16-28(40)20-34(3,4)18-26/h5-16,29-30H,17-22H2,1-4H3. The largest absolute Gasteiger partial charge is 0.295 e. The predicted molar refractivity (Wildman–Crippen MR) is 168 cm³/mol. The Balaban J connectivity index is 1.45. The lowest BCUT2D eigenvalue weighted by Gasteiger charge is -2.32. The molecular weight excluding hydrogens is 560 g/mol. The second-order valence-electron chi connectivity index (χ2n) is 13.7. The van der Waals surface area contributed by atoms with E-state index in [-0.39, 0.29) is 32.5 Å². The molecule has 2 aliphatic carbocycles. The van der Waals surface area contributed by atoms with E-state index in [9.17, 15) is 18.0 Å². The molecule has 9 heteroatoms. The first-order valence-corrected chi connectivity index (χ1v) is 16.3. The van der Waals surface area contributed by atoms with Gasteiger partial charge >= 0.3 is 0 Å². The van der Waals surface area contributed by atoms with Crippen molar-refractivity contribution >= 4 is 31.5 Å². The van der Waals surface area contributed by atoms with Crippen molar-refractivity contribution in [2.75, 3.05) is 13.1 Å². The summed E-state index contributed by atoms with van der Waals surface area (Å²) in [6.07, 6.45) is 5.36. The summed E-state index contributed by atoms with van der Waals surface area (Å²) in [7, 11) is -4.17. The van der Waals surface area contributed by atoms with Crippen molar-refractivity contribution < 1.29 is 18.0 Å². The van der Waals surface area contributed by atoms with Gasteiger partial charge in [0.2, 0.25) is 9.84 Å². The summed E-state index contributed by atoms with van der Waals surface area (Å²) in [5, 5.41) is 13.0. The van der Waals surface area contributed by atoms with Gasteiger partial charge in [0.05, 0.1) is 24.9 Å². The van der Waals surface area contributed by atoms with E-state index < -0.39 is 21.7 Å². The van der Waals surface area contributed by atoms with Crippen LogP contribution < -0.4 is 0 Å². The van der Waals surface area contributed by atoms with E-state index in [1.165, 1.54) is 0 Å². The van der Waals surface area contributed by atoms with Gasteiger partial charge in [0.25, 0.3) is 0 Å². The van der Waals surface area contributed by atoms with Gasteiger partial charge < -0.3 is 0 Å². The fourth-order valence-electron chi connectivity index (χ4n) is 6.74. The molecule has 0 aromatic heterocycles. The number of benzene rings is 2. The van der Waals surface area contributed by atoms with Gasteiger partial charge in [-0.05, 0) is 34.8 Å². The Kier molecular flexibility index (Phi) is 7.27. The highest BCUT2D eigenvalue weighted by molar-refractivity contribution is 8.19. The number of hydrogen-bond acceptors (Lipinski definition) is 8. The summed E-state index contributed by atoms with van der Waals surface area (Å²) < 4.78 is 29.5. The van der Waals surface area contributed by atoms with Gasteiger partial charge in [-0.2, -0.15) is 10.2 Å². The van der Waals surface area contributed by atoms with Gasteiger partial charge in [-0.3, -0.25) is 19.6 Å².